The van der Waals surface area contributed by atoms with E-state index in [0.29, 0.717) is 12.6 Å². The van der Waals surface area contributed by atoms with Crippen molar-refractivity contribution in [3.8, 4) is 5.75 Å². The number of hydrogen-bond acceptors (Lipinski definition) is 3. The Morgan fingerprint density at radius 3 is 2.86 bits per heavy atom. The van der Waals surface area contributed by atoms with Gasteiger partial charge >= 0.3 is 0 Å². The maximum atomic E-state index is 5.89. The molecule has 118 valence electrons. The van der Waals surface area contributed by atoms with Crippen LogP contribution in [0, 0.1) is 0 Å². The van der Waals surface area contributed by atoms with Gasteiger partial charge in [0.05, 0.1) is 6.61 Å². The molecule has 3 N–H and O–H groups in total. The monoisotopic (exact) mass is 317 g/mol. The van der Waals surface area contributed by atoms with Crippen LogP contribution in [0.15, 0.2) is 46.8 Å². The van der Waals surface area contributed by atoms with Crippen molar-refractivity contribution in [1.29, 1.82) is 0 Å². The summed E-state index contributed by atoms with van der Waals surface area (Å²) in [5, 5.41) is 5.24. The lowest BCUT2D eigenvalue weighted by molar-refractivity contribution is 0.336. The van der Waals surface area contributed by atoms with Crippen molar-refractivity contribution in [2.45, 2.75) is 19.8 Å². The van der Waals surface area contributed by atoms with E-state index in [1.54, 1.807) is 11.3 Å². The molecule has 0 aliphatic carbocycles. The predicted octanol–water partition coefficient (Wildman–Crippen LogP) is 2.84. The lowest BCUT2D eigenvalue weighted by Gasteiger charge is -2.10. The third-order valence-electron chi connectivity index (χ3n) is 3.19. The minimum Gasteiger partial charge on any atom is -0.494 e. The number of benzene rings is 1. The molecule has 4 nitrogen and oxygen atoms in total. The molecule has 0 atom stereocenters. The number of nitrogens with one attached hydrogen (secondary N) is 1. The molecule has 22 heavy (non-hydrogen) atoms. The summed E-state index contributed by atoms with van der Waals surface area (Å²) >= 11 is 1.75. The highest BCUT2D eigenvalue weighted by atomic mass is 32.1. The second-order valence-electron chi connectivity index (χ2n) is 4.81. The Morgan fingerprint density at radius 1 is 1.23 bits per heavy atom. The molecule has 0 aliphatic heterocycles. The van der Waals surface area contributed by atoms with Crippen LogP contribution in [0.4, 0.5) is 0 Å². The van der Waals surface area contributed by atoms with E-state index in [4.69, 9.17) is 10.5 Å². The fourth-order valence-corrected chi connectivity index (χ4v) is 2.83. The molecule has 0 unspecified atom stereocenters. The number of aliphatic imine (C=N–C) groups is 1. The summed E-state index contributed by atoms with van der Waals surface area (Å²) in [6, 6.07) is 12.3. The predicted molar refractivity (Wildman–Crippen MR) is 93.8 cm³/mol. The standard InChI is InChI=1S/C17H23N3OS/c1-2-21-16-8-4-3-6-14(16)9-11-19-17(18)20-12-10-15-7-5-13-22-15/h3-8,13H,2,9-12H2,1H3,(H3,18,19,20). The number of nitrogens with zero attached hydrogens (tertiary/aromatic N) is 1. The van der Waals surface area contributed by atoms with Crippen LogP contribution in [-0.4, -0.2) is 25.7 Å². The normalized spacial score (nSPS) is 11.4. The van der Waals surface area contributed by atoms with Gasteiger partial charge in [0, 0.05) is 24.4 Å². The van der Waals surface area contributed by atoms with E-state index < -0.39 is 0 Å². The van der Waals surface area contributed by atoms with E-state index in [2.05, 4.69) is 33.9 Å². The number of thiophene rings is 1. The smallest absolute Gasteiger partial charge is 0.188 e. The second-order valence-corrected chi connectivity index (χ2v) is 5.85. The maximum absolute atomic E-state index is 5.89. The fraction of sp³-hybridized carbons (Fsp3) is 0.353. The highest BCUT2D eigenvalue weighted by Crippen LogP contribution is 2.17. The lowest BCUT2D eigenvalue weighted by Crippen LogP contribution is -2.33. The van der Waals surface area contributed by atoms with Gasteiger partial charge in [-0.05, 0) is 36.4 Å². The van der Waals surface area contributed by atoms with Crippen molar-refractivity contribution in [2.24, 2.45) is 10.7 Å². The molecule has 5 heteroatoms. The van der Waals surface area contributed by atoms with Crippen molar-refractivity contribution < 1.29 is 4.74 Å². The molecule has 0 spiro atoms. The van der Waals surface area contributed by atoms with Crippen LogP contribution < -0.4 is 15.8 Å². The Kier molecular flexibility index (Phi) is 6.77. The van der Waals surface area contributed by atoms with E-state index >= 15 is 0 Å². The number of hydrogen-bond donors (Lipinski definition) is 2. The summed E-state index contributed by atoms with van der Waals surface area (Å²) in [6.45, 7) is 4.14. The summed E-state index contributed by atoms with van der Waals surface area (Å²) in [5.41, 5.74) is 7.07. The zero-order valence-electron chi connectivity index (χ0n) is 12.9. The van der Waals surface area contributed by atoms with Crippen molar-refractivity contribution in [1.82, 2.24) is 5.32 Å². The zero-order valence-corrected chi connectivity index (χ0v) is 13.7. The van der Waals surface area contributed by atoms with E-state index in [9.17, 15) is 0 Å². The van der Waals surface area contributed by atoms with Gasteiger partial charge in [-0.25, -0.2) is 0 Å². The van der Waals surface area contributed by atoms with Crippen molar-refractivity contribution in [3.05, 3.63) is 52.2 Å². The molecule has 0 amide bonds. The van der Waals surface area contributed by atoms with Crippen LogP contribution >= 0.6 is 11.3 Å². The molecular weight excluding hydrogens is 294 g/mol. The Hall–Kier alpha value is -2.01. The fourth-order valence-electron chi connectivity index (χ4n) is 2.13. The number of ether oxygens (including phenoxy) is 1. The van der Waals surface area contributed by atoms with Crippen LogP contribution in [0.3, 0.4) is 0 Å². The molecule has 1 heterocycles. The summed E-state index contributed by atoms with van der Waals surface area (Å²) < 4.78 is 5.61. The number of para-hydroxylation sites is 1. The van der Waals surface area contributed by atoms with E-state index in [-0.39, 0.29) is 0 Å². The summed E-state index contributed by atoms with van der Waals surface area (Å²) in [5.74, 6) is 1.45. The third-order valence-corrected chi connectivity index (χ3v) is 4.13. The SMILES string of the molecule is CCOc1ccccc1CCNC(N)=NCCc1cccs1. The highest BCUT2D eigenvalue weighted by molar-refractivity contribution is 7.09. The molecule has 0 bridgehead atoms. The Balaban J connectivity index is 1.73. The van der Waals surface area contributed by atoms with Gasteiger partial charge in [0.15, 0.2) is 5.96 Å². The quantitative estimate of drug-likeness (QED) is 0.581. The zero-order chi connectivity index (χ0) is 15.6. The van der Waals surface area contributed by atoms with Gasteiger partial charge in [0.25, 0.3) is 0 Å². The molecule has 0 radical (unpaired) electrons. The van der Waals surface area contributed by atoms with Gasteiger partial charge in [-0.2, -0.15) is 0 Å². The van der Waals surface area contributed by atoms with Gasteiger partial charge < -0.3 is 15.8 Å². The van der Waals surface area contributed by atoms with Gasteiger partial charge in [-0.3, -0.25) is 4.99 Å². The molecule has 0 saturated heterocycles. The molecule has 2 rings (SSSR count). The molecule has 1 aromatic carbocycles. The molecule has 0 saturated carbocycles. The lowest BCUT2D eigenvalue weighted by atomic mass is 10.1. The minimum absolute atomic E-state index is 0.505. The molecule has 1 aromatic heterocycles. The highest BCUT2D eigenvalue weighted by Gasteiger charge is 2.02. The van der Waals surface area contributed by atoms with Crippen LogP contribution in [-0.2, 0) is 12.8 Å². The maximum Gasteiger partial charge on any atom is 0.188 e. The first-order chi connectivity index (χ1) is 10.8. The van der Waals surface area contributed by atoms with E-state index in [1.807, 2.05) is 25.1 Å². The second kappa shape index (κ2) is 9.10. The van der Waals surface area contributed by atoms with E-state index in [0.717, 1.165) is 31.7 Å². The molecular formula is C17H23N3OS. The van der Waals surface area contributed by atoms with Crippen LogP contribution in [0.1, 0.15) is 17.4 Å². The van der Waals surface area contributed by atoms with Gasteiger partial charge in [0.2, 0.25) is 0 Å². The van der Waals surface area contributed by atoms with Crippen LogP contribution in [0.2, 0.25) is 0 Å². The van der Waals surface area contributed by atoms with E-state index in [1.165, 1.54) is 10.4 Å². The van der Waals surface area contributed by atoms with Gasteiger partial charge in [-0.1, -0.05) is 24.3 Å². The van der Waals surface area contributed by atoms with Crippen LogP contribution in [0.5, 0.6) is 5.75 Å². The first kappa shape index (κ1) is 16.4. The van der Waals surface area contributed by atoms with Crippen LogP contribution in [0.25, 0.3) is 0 Å². The summed E-state index contributed by atoms with van der Waals surface area (Å²) in [6.07, 6.45) is 1.80. The molecule has 2 aromatic rings. The minimum atomic E-state index is 0.505. The molecule has 0 fully saturated rings. The number of nitrogens with two attached hydrogens (primary N) is 1. The van der Waals surface area contributed by atoms with Crippen molar-refractivity contribution >= 4 is 17.3 Å². The first-order valence-electron chi connectivity index (χ1n) is 7.56. The largest absolute Gasteiger partial charge is 0.494 e. The Morgan fingerprint density at radius 2 is 2.09 bits per heavy atom. The average Bonchev–Trinajstić information content (AvgIpc) is 3.03. The average molecular weight is 317 g/mol. The number of guanidine groups is 1. The number of rotatable bonds is 8. The summed E-state index contributed by atoms with van der Waals surface area (Å²) in [4.78, 5) is 5.68. The van der Waals surface area contributed by atoms with Gasteiger partial charge in [0.1, 0.15) is 5.75 Å². The van der Waals surface area contributed by atoms with Gasteiger partial charge in [-0.15, -0.1) is 11.3 Å². The Bertz CT molecular complexity index is 581. The Labute approximate surface area is 136 Å². The first-order valence-corrected chi connectivity index (χ1v) is 8.44. The van der Waals surface area contributed by atoms with Crippen molar-refractivity contribution in [2.75, 3.05) is 19.7 Å². The third kappa shape index (κ3) is 5.41. The summed E-state index contributed by atoms with van der Waals surface area (Å²) in [7, 11) is 0. The molecule has 0 aliphatic rings. The topological polar surface area (TPSA) is 59.6 Å². The van der Waals surface area contributed by atoms with Crippen molar-refractivity contribution in [3.63, 3.8) is 0 Å².